The van der Waals surface area contributed by atoms with Gasteiger partial charge in [0, 0.05) is 11.8 Å². The molecular weight excluding hydrogens is 128 g/mol. The zero-order valence-corrected chi connectivity index (χ0v) is 5.54. The van der Waals surface area contributed by atoms with Crippen LogP contribution in [0.1, 0.15) is 12.8 Å². The standard InChI is InChI=1S/C7H9N2O/c8-6-4-1-2-5(3-4)7(6)9-10/h1,4-5,8,10H,2-3H2. The number of nitrogens with one attached hydrogen (secondary N) is 1. The zero-order chi connectivity index (χ0) is 7.14. The Balaban J connectivity index is 2.33. The van der Waals surface area contributed by atoms with Gasteiger partial charge in [-0.2, -0.15) is 0 Å². The van der Waals surface area contributed by atoms with Gasteiger partial charge in [-0.15, -0.1) is 0 Å². The highest BCUT2D eigenvalue weighted by molar-refractivity contribution is 6.45. The molecule has 0 amide bonds. The second-order valence-corrected chi connectivity index (χ2v) is 2.91. The summed E-state index contributed by atoms with van der Waals surface area (Å²) in [6.07, 6.45) is 4.13. The summed E-state index contributed by atoms with van der Waals surface area (Å²) < 4.78 is 0. The van der Waals surface area contributed by atoms with Crippen molar-refractivity contribution in [3.8, 4) is 0 Å². The van der Waals surface area contributed by atoms with Crippen LogP contribution in [-0.4, -0.2) is 16.6 Å². The molecule has 0 heterocycles. The van der Waals surface area contributed by atoms with Crippen molar-refractivity contribution in [2.45, 2.75) is 12.8 Å². The van der Waals surface area contributed by atoms with E-state index in [0.29, 0.717) is 17.3 Å². The normalized spacial score (nSPS) is 41.6. The summed E-state index contributed by atoms with van der Waals surface area (Å²) in [5.74, 6) is 0.637. The Hall–Kier alpha value is -0.860. The summed E-state index contributed by atoms with van der Waals surface area (Å²) in [7, 11) is 0. The van der Waals surface area contributed by atoms with Crippen molar-refractivity contribution in [2.24, 2.45) is 17.0 Å². The minimum Gasteiger partial charge on any atom is -0.411 e. The summed E-state index contributed by atoms with van der Waals surface area (Å²) in [4.78, 5) is 0. The van der Waals surface area contributed by atoms with E-state index in [1.54, 1.807) is 0 Å². The van der Waals surface area contributed by atoms with E-state index in [0.717, 1.165) is 12.8 Å². The van der Waals surface area contributed by atoms with Gasteiger partial charge in [0.2, 0.25) is 0 Å². The Kier molecular flexibility index (Phi) is 1.07. The van der Waals surface area contributed by atoms with E-state index in [2.05, 4.69) is 11.6 Å². The first kappa shape index (κ1) is 5.89. The molecule has 1 radical (unpaired) electrons. The average molecular weight is 137 g/mol. The highest BCUT2D eigenvalue weighted by atomic mass is 16.4. The summed E-state index contributed by atoms with van der Waals surface area (Å²) >= 11 is 0. The van der Waals surface area contributed by atoms with Crippen molar-refractivity contribution in [1.29, 1.82) is 5.41 Å². The molecule has 2 unspecified atom stereocenters. The van der Waals surface area contributed by atoms with Crippen LogP contribution in [-0.2, 0) is 0 Å². The van der Waals surface area contributed by atoms with Crippen molar-refractivity contribution in [3.05, 3.63) is 6.42 Å². The van der Waals surface area contributed by atoms with Crippen LogP contribution in [0, 0.1) is 23.7 Å². The summed E-state index contributed by atoms with van der Waals surface area (Å²) in [6.45, 7) is 0. The highest BCUT2D eigenvalue weighted by Gasteiger charge is 2.41. The predicted molar refractivity (Wildman–Crippen MR) is 37.5 cm³/mol. The third-order valence-corrected chi connectivity index (χ3v) is 2.38. The molecule has 2 bridgehead atoms. The van der Waals surface area contributed by atoms with Gasteiger partial charge in [-0.25, -0.2) is 0 Å². The molecule has 2 aliphatic carbocycles. The van der Waals surface area contributed by atoms with Gasteiger partial charge in [0.1, 0.15) is 5.71 Å². The molecule has 3 nitrogen and oxygen atoms in total. The van der Waals surface area contributed by atoms with E-state index in [1.165, 1.54) is 0 Å². The van der Waals surface area contributed by atoms with Crippen molar-refractivity contribution in [1.82, 2.24) is 0 Å². The Bertz CT molecular complexity index is 210. The van der Waals surface area contributed by atoms with Crippen LogP contribution >= 0.6 is 0 Å². The number of rotatable bonds is 0. The minimum absolute atomic E-state index is 0.288. The molecule has 0 aromatic heterocycles. The van der Waals surface area contributed by atoms with E-state index >= 15 is 0 Å². The topological polar surface area (TPSA) is 56.4 Å². The third kappa shape index (κ3) is 0.549. The Morgan fingerprint density at radius 2 is 2.50 bits per heavy atom. The first-order chi connectivity index (χ1) is 4.83. The highest BCUT2D eigenvalue weighted by Crippen LogP contribution is 2.39. The lowest BCUT2D eigenvalue weighted by molar-refractivity contribution is 0.317. The van der Waals surface area contributed by atoms with Crippen LogP contribution in [0.3, 0.4) is 0 Å². The molecule has 10 heavy (non-hydrogen) atoms. The second kappa shape index (κ2) is 1.81. The molecule has 3 heteroatoms. The Labute approximate surface area is 59.2 Å². The minimum atomic E-state index is 0.288. The molecule has 0 spiro atoms. The first-order valence-electron chi connectivity index (χ1n) is 3.47. The fourth-order valence-corrected chi connectivity index (χ4v) is 1.83. The van der Waals surface area contributed by atoms with Gasteiger partial charge in [0.15, 0.2) is 0 Å². The molecule has 2 N–H and O–H groups in total. The fraction of sp³-hybridized carbons (Fsp3) is 0.571. The van der Waals surface area contributed by atoms with Crippen LogP contribution in [0.2, 0.25) is 0 Å². The van der Waals surface area contributed by atoms with E-state index in [9.17, 15) is 0 Å². The van der Waals surface area contributed by atoms with Gasteiger partial charge in [-0.05, 0) is 19.3 Å². The monoisotopic (exact) mass is 137 g/mol. The average Bonchev–Trinajstić information content (AvgIpc) is 2.46. The molecule has 2 rings (SSSR count). The molecule has 2 aliphatic rings. The molecule has 0 aliphatic heterocycles. The van der Waals surface area contributed by atoms with Crippen molar-refractivity contribution < 1.29 is 5.21 Å². The van der Waals surface area contributed by atoms with Crippen LogP contribution in [0.5, 0.6) is 0 Å². The first-order valence-corrected chi connectivity index (χ1v) is 3.47. The van der Waals surface area contributed by atoms with Crippen LogP contribution in [0.15, 0.2) is 5.16 Å². The largest absolute Gasteiger partial charge is 0.411 e. The smallest absolute Gasteiger partial charge is 0.104 e. The summed E-state index contributed by atoms with van der Waals surface area (Å²) in [6, 6.07) is 0. The van der Waals surface area contributed by atoms with Gasteiger partial charge < -0.3 is 10.6 Å². The molecule has 2 fully saturated rings. The van der Waals surface area contributed by atoms with Crippen LogP contribution < -0.4 is 0 Å². The van der Waals surface area contributed by atoms with E-state index in [1.807, 2.05) is 0 Å². The lowest BCUT2D eigenvalue weighted by Crippen LogP contribution is -2.21. The van der Waals surface area contributed by atoms with E-state index in [-0.39, 0.29) is 5.92 Å². The molecule has 0 aromatic rings. The second-order valence-electron chi connectivity index (χ2n) is 2.91. The molecule has 53 valence electrons. The Morgan fingerprint density at radius 3 is 2.90 bits per heavy atom. The summed E-state index contributed by atoms with van der Waals surface area (Å²) in [5, 5.41) is 19.1. The molecular formula is C7H9N2O. The Morgan fingerprint density at radius 1 is 1.70 bits per heavy atom. The fourth-order valence-electron chi connectivity index (χ4n) is 1.83. The zero-order valence-electron chi connectivity index (χ0n) is 5.54. The number of oxime groups is 1. The van der Waals surface area contributed by atoms with Crippen molar-refractivity contribution in [2.75, 3.05) is 0 Å². The van der Waals surface area contributed by atoms with Gasteiger partial charge in [-0.3, -0.25) is 0 Å². The van der Waals surface area contributed by atoms with Gasteiger partial charge in [0.25, 0.3) is 0 Å². The molecule has 0 saturated heterocycles. The van der Waals surface area contributed by atoms with E-state index in [4.69, 9.17) is 10.6 Å². The van der Waals surface area contributed by atoms with Crippen molar-refractivity contribution in [3.63, 3.8) is 0 Å². The maximum absolute atomic E-state index is 8.49. The maximum atomic E-state index is 8.49. The van der Waals surface area contributed by atoms with E-state index < -0.39 is 0 Å². The van der Waals surface area contributed by atoms with Crippen LogP contribution in [0.4, 0.5) is 0 Å². The SMILES string of the molecule is N=C1C(=NO)C2C[CH]C1C2. The number of hydrogen-bond acceptors (Lipinski definition) is 3. The van der Waals surface area contributed by atoms with Gasteiger partial charge in [0.05, 0.1) is 5.71 Å². The quantitative estimate of drug-likeness (QED) is 0.381. The lowest BCUT2D eigenvalue weighted by Gasteiger charge is -2.10. The number of nitrogens with zero attached hydrogens (tertiary/aromatic N) is 1. The van der Waals surface area contributed by atoms with Crippen LogP contribution in [0.25, 0.3) is 0 Å². The number of fused-ring (bicyclic) bond motifs is 2. The molecule has 2 saturated carbocycles. The third-order valence-electron chi connectivity index (χ3n) is 2.38. The molecule has 0 aromatic carbocycles. The lowest BCUT2D eigenvalue weighted by atomic mass is 9.97. The van der Waals surface area contributed by atoms with Gasteiger partial charge in [-0.1, -0.05) is 5.16 Å². The molecule has 2 atom stereocenters. The van der Waals surface area contributed by atoms with Gasteiger partial charge >= 0.3 is 0 Å². The summed E-state index contributed by atoms with van der Waals surface area (Å²) in [5.41, 5.74) is 1.14. The number of hydrogen-bond donors (Lipinski definition) is 2. The maximum Gasteiger partial charge on any atom is 0.104 e. The predicted octanol–water partition coefficient (Wildman–Crippen LogP) is 1.08. The van der Waals surface area contributed by atoms with Crippen molar-refractivity contribution >= 4 is 11.4 Å².